The van der Waals surface area contributed by atoms with Gasteiger partial charge in [0.2, 0.25) is 5.91 Å². The maximum atomic E-state index is 11.3. The van der Waals surface area contributed by atoms with Crippen molar-refractivity contribution < 1.29 is 9.21 Å². The summed E-state index contributed by atoms with van der Waals surface area (Å²) in [6, 6.07) is 3.66. The Hall–Kier alpha value is -1.29. The number of amides is 1. The second kappa shape index (κ2) is 4.67. The Kier molecular flexibility index (Phi) is 3.52. The fourth-order valence-corrected chi connectivity index (χ4v) is 1.01. The van der Waals surface area contributed by atoms with E-state index in [0.717, 1.165) is 5.76 Å². The van der Waals surface area contributed by atoms with E-state index >= 15 is 0 Å². The van der Waals surface area contributed by atoms with E-state index in [0.29, 0.717) is 13.1 Å². The molecule has 1 N–H and O–H groups in total. The first kappa shape index (κ1) is 9.80. The van der Waals surface area contributed by atoms with Crippen LogP contribution in [-0.2, 0) is 11.3 Å². The van der Waals surface area contributed by atoms with Gasteiger partial charge in [0.1, 0.15) is 5.76 Å². The Morgan fingerprint density at radius 1 is 1.69 bits per heavy atom. The van der Waals surface area contributed by atoms with Crippen LogP contribution in [0.5, 0.6) is 0 Å². The van der Waals surface area contributed by atoms with Crippen LogP contribution in [0.3, 0.4) is 0 Å². The average molecular weight is 182 g/mol. The lowest BCUT2D eigenvalue weighted by atomic mass is 10.4. The van der Waals surface area contributed by atoms with Crippen LogP contribution in [0.1, 0.15) is 5.76 Å². The minimum atomic E-state index is 0.0545. The van der Waals surface area contributed by atoms with E-state index in [2.05, 4.69) is 5.32 Å². The largest absolute Gasteiger partial charge is 0.467 e. The quantitative estimate of drug-likeness (QED) is 0.735. The molecule has 0 aliphatic heterocycles. The zero-order valence-electron chi connectivity index (χ0n) is 7.91. The van der Waals surface area contributed by atoms with Gasteiger partial charge in [-0.1, -0.05) is 0 Å². The molecule has 0 aliphatic carbocycles. The van der Waals surface area contributed by atoms with Crippen molar-refractivity contribution in [3.63, 3.8) is 0 Å². The van der Waals surface area contributed by atoms with Crippen molar-refractivity contribution in [1.29, 1.82) is 0 Å². The number of carbonyl (C=O) groups is 1. The Bertz CT molecular complexity index is 257. The van der Waals surface area contributed by atoms with Crippen molar-refractivity contribution in [2.24, 2.45) is 0 Å². The molecule has 1 heterocycles. The van der Waals surface area contributed by atoms with Crippen LogP contribution < -0.4 is 5.32 Å². The molecule has 4 heteroatoms. The molecule has 0 radical (unpaired) electrons. The molecule has 13 heavy (non-hydrogen) atoms. The molecule has 0 atom stereocenters. The van der Waals surface area contributed by atoms with Crippen molar-refractivity contribution in [2.75, 3.05) is 20.6 Å². The van der Waals surface area contributed by atoms with Gasteiger partial charge in [0.15, 0.2) is 0 Å². The number of likely N-dealkylation sites (N-methyl/N-ethyl adjacent to an activating group) is 2. The number of rotatable bonds is 4. The van der Waals surface area contributed by atoms with Gasteiger partial charge in [0.05, 0.1) is 19.4 Å². The first-order valence-corrected chi connectivity index (χ1v) is 4.15. The first-order valence-electron chi connectivity index (χ1n) is 4.15. The van der Waals surface area contributed by atoms with E-state index in [-0.39, 0.29) is 5.91 Å². The molecule has 0 saturated carbocycles. The fourth-order valence-electron chi connectivity index (χ4n) is 1.01. The summed E-state index contributed by atoms with van der Waals surface area (Å²) in [6.45, 7) is 0.880. The summed E-state index contributed by atoms with van der Waals surface area (Å²) in [5, 5.41) is 2.81. The van der Waals surface area contributed by atoms with Gasteiger partial charge >= 0.3 is 0 Å². The SMILES string of the molecule is CNCC(=O)N(C)Cc1ccco1. The summed E-state index contributed by atoms with van der Waals surface area (Å²) in [5.74, 6) is 0.853. The fraction of sp³-hybridized carbons (Fsp3) is 0.444. The zero-order valence-corrected chi connectivity index (χ0v) is 7.91. The molecule has 0 unspecified atom stereocenters. The minimum Gasteiger partial charge on any atom is -0.467 e. The Morgan fingerprint density at radius 2 is 2.46 bits per heavy atom. The van der Waals surface area contributed by atoms with Gasteiger partial charge in [-0.2, -0.15) is 0 Å². The highest BCUT2D eigenvalue weighted by Gasteiger charge is 2.08. The lowest BCUT2D eigenvalue weighted by Crippen LogP contribution is -2.33. The number of hydrogen-bond donors (Lipinski definition) is 1. The number of nitrogens with one attached hydrogen (secondary N) is 1. The van der Waals surface area contributed by atoms with Gasteiger partial charge in [-0.3, -0.25) is 4.79 Å². The normalized spacial score (nSPS) is 10.0. The molecule has 0 aliphatic rings. The molecule has 0 aromatic carbocycles. The molecule has 1 amide bonds. The molecule has 1 aromatic heterocycles. The lowest BCUT2D eigenvalue weighted by Gasteiger charge is -2.14. The Labute approximate surface area is 77.5 Å². The van der Waals surface area contributed by atoms with Gasteiger partial charge in [0.25, 0.3) is 0 Å². The van der Waals surface area contributed by atoms with Crippen molar-refractivity contribution in [3.05, 3.63) is 24.2 Å². The maximum absolute atomic E-state index is 11.3. The summed E-state index contributed by atoms with van der Waals surface area (Å²) in [5.41, 5.74) is 0. The second-order valence-corrected chi connectivity index (χ2v) is 2.86. The first-order chi connectivity index (χ1) is 6.24. The third kappa shape index (κ3) is 2.91. The molecular weight excluding hydrogens is 168 g/mol. The van der Waals surface area contributed by atoms with E-state index in [4.69, 9.17) is 4.42 Å². The molecule has 1 rings (SSSR count). The van der Waals surface area contributed by atoms with Crippen LogP contribution in [-0.4, -0.2) is 31.4 Å². The Morgan fingerprint density at radius 3 is 3.00 bits per heavy atom. The van der Waals surface area contributed by atoms with E-state index < -0.39 is 0 Å². The van der Waals surface area contributed by atoms with Gasteiger partial charge in [0, 0.05) is 7.05 Å². The summed E-state index contributed by atoms with van der Waals surface area (Å²) in [4.78, 5) is 12.9. The number of nitrogens with zero attached hydrogens (tertiary/aromatic N) is 1. The van der Waals surface area contributed by atoms with Crippen LogP contribution in [0, 0.1) is 0 Å². The van der Waals surface area contributed by atoms with Crippen molar-refractivity contribution in [3.8, 4) is 0 Å². The monoisotopic (exact) mass is 182 g/mol. The molecule has 0 fully saturated rings. The highest BCUT2D eigenvalue weighted by atomic mass is 16.3. The van der Waals surface area contributed by atoms with E-state index in [1.807, 2.05) is 12.1 Å². The standard InChI is InChI=1S/C9H14N2O2/c1-10-6-9(12)11(2)7-8-4-3-5-13-8/h3-5,10H,6-7H2,1-2H3. The Balaban J connectivity index is 2.41. The summed E-state index contributed by atoms with van der Waals surface area (Å²) in [7, 11) is 3.50. The topological polar surface area (TPSA) is 45.5 Å². The highest BCUT2D eigenvalue weighted by molar-refractivity contribution is 5.77. The van der Waals surface area contributed by atoms with Crippen molar-refractivity contribution in [2.45, 2.75) is 6.54 Å². The third-order valence-electron chi connectivity index (χ3n) is 1.73. The zero-order chi connectivity index (χ0) is 9.68. The summed E-state index contributed by atoms with van der Waals surface area (Å²) in [6.07, 6.45) is 1.60. The molecule has 4 nitrogen and oxygen atoms in total. The average Bonchev–Trinajstić information content (AvgIpc) is 2.57. The van der Waals surface area contributed by atoms with Crippen LogP contribution in [0.25, 0.3) is 0 Å². The minimum absolute atomic E-state index is 0.0545. The van der Waals surface area contributed by atoms with Crippen LogP contribution in [0.15, 0.2) is 22.8 Å². The van der Waals surface area contributed by atoms with Gasteiger partial charge in [-0.05, 0) is 19.2 Å². The number of hydrogen-bond acceptors (Lipinski definition) is 3. The smallest absolute Gasteiger partial charge is 0.236 e. The molecular formula is C9H14N2O2. The highest BCUT2D eigenvalue weighted by Crippen LogP contribution is 2.03. The van der Waals surface area contributed by atoms with E-state index in [1.54, 1.807) is 25.3 Å². The molecule has 0 bridgehead atoms. The number of carbonyl (C=O) groups excluding carboxylic acids is 1. The van der Waals surface area contributed by atoms with Crippen LogP contribution in [0.4, 0.5) is 0 Å². The predicted octanol–water partition coefficient (Wildman–Crippen LogP) is 0.457. The molecule has 0 spiro atoms. The molecule has 72 valence electrons. The predicted molar refractivity (Wildman–Crippen MR) is 49.1 cm³/mol. The molecule has 1 aromatic rings. The van der Waals surface area contributed by atoms with Crippen molar-refractivity contribution in [1.82, 2.24) is 10.2 Å². The van der Waals surface area contributed by atoms with E-state index in [1.165, 1.54) is 0 Å². The third-order valence-corrected chi connectivity index (χ3v) is 1.73. The maximum Gasteiger partial charge on any atom is 0.236 e. The number of furan rings is 1. The van der Waals surface area contributed by atoms with Gasteiger partial charge in [-0.15, -0.1) is 0 Å². The lowest BCUT2D eigenvalue weighted by molar-refractivity contribution is -0.129. The van der Waals surface area contributed by atoms with Crippen LogP contribution in [0.2, 0.25) is 0 Å². The summed E-state index contributed by atoms with van der Waals surface area (Å²) >= 11 is 0. The second-order valence-electron chi connectivity index (χ2n) is 2.86. The van der Waals surface area contributed by atoms with Gasteiger partial charge in [-0.25, -0.2) is 0 Å². The van der Waals surface area contributed by atoms with Crippen LogP contribution >= 0.6 is 0 Å². The van der Waals surface area contributed by atoms with Gasteiger partial charge < -0.3 is 14.6 Å². The van der Waals surface area contributed by atoms with Crippen molar-refractivity contribution >= 4 is 5.91 Å². The molecule has 0 saturated heterocycles. The summed E-state index contributed by atoms with van der Waals surface area (Å²) < 4.78 is 5.12. The van der Waals surface area contributed by atoms with E-state index in [9.17, 15) is 4.79 Å².